The molecular formula is C18H18Cl2N2O2. The summed E-state index contributed by atoms with van der Waals surface area (Å²) >= 11 is 12.2. The molecule has 0 saturated heterocycles. The molecule has 4 nitrogen and oxygen atoms in total. The minimum Gasteiger partial charge on any atom is -0.345 e. The molecule has 0 fully saturated rings. The molecule has 0 aliphatic rings. The smallest absolute Gasteiger partial charge is 0.253 e. The van der Waals surface area contributed by atoms with Crippen LogP contribution in [-0.2, 0) is 11.2 Å². The SMILES string of the molecule is Cc1c(NC(=O)Cc2c(Cl)cccc2Cl)cccc1C(=O)N(C)C. The van der Waals surface area contributed by atoms with E-state index in [0.717, 1.165) is 5.56 Å². The van der Waals surface area contributed by atoms with Gasteiger partial charge in [-0.15, -0.1) is 0 Å². The fourth-order valence-corrected chi connectivity index (χ4v) is 2.83. The molecule has 24 heavy (non-hydrogen) atoms. The van der Waals surface area contributed by atoms with Crippen LogP contribution in [0.25, 0.3) is 0 Å². The highest BCUT2D eigenvalue weighted by molar-refractivity contribution is 6.36. The van der Waals surface area contributed by atoms with Gasteiger partial charge >= 0.3 is 0 Å². The largest absolute Gasteiger partial charge is 0.345 e. The summed E-state index contributed by atoms with van der Waals surface area (Å²) in [7, 11) is 3.37. The molecule has 0 bridgehead atoms. The molecule has 126 valence electrons. The molecule has 0 aliphatic carbocycles. The minimum absolute atomic E-state index is 0.0593. The number of anilines is 1. The number of nitrogens with zero attached hydrogens (tertiary/aromatic N) is 1. The molecule has 2 rings (SSSR count). The maximum Gasteiger partial charge on any atom is 0.253 e. The molecule has 0 heterocycles. The van der Waals surface area contributed by atoms with Crippen molar-refractivity contribution in [1.29, 1.82) is 0 Å². The normalized spacial score (nSPS) is 10.4. The van der Waals surface area contributed by atoms with E-state index in [9.17, 15) is 9.59 Å². The average molecular weight is 365 g/mol. The molecule has 1 N–H and O–H groups in total. The van der Waals surface area contributed by atoms with Gasteiger partial charge in [-0.1, -0.05) is 35.3 Å². The number of benzene rings is 2. The van der Waals surface area contributed by atoms with Crippen LogP contribution in [0.4, 0.5) is 5.69 Å². The predicted molar refractivity (Wildman–Crippen MR) is 98.0 cm³/mol. The Hall–Kier alpha value is -2.04. The monoisotopic (exact) mass is 364 g/mol. The Balaban J connectivity index is 2.21. The molecule has 2 aromatic rings. The van der Waals surface area contributed by atoms with Gasteiger partial charge in [-0.2, -0.15) is 0 Å². The number of amides is 2. The van der Waals surface area contributed by atoms with Crippen molar-refractivity contribution in [3.05, 3.63) is 63.1 Å². The van der Waals surface area contributed by atoms with Crippen molar-refractivity contribution in [3.8, 4) is 0 Å². The van der Waals surface area contributed by atoms with Crippen molar-refractivity contribution in [2.24, 2.45) is 0 Å². The summed E-state index contributed by atoms with van der Waals surface area (Å²) in [6.07, 6.45) is 0.0593. The quantitative estimate of drug-likeness (QED) is 0.884. The number of hydrogen-bond acceptors (Lipinski definition) is 2. The zero-order valence-electron chi connectivity index (χ0n) is 13.7. The van der Waals surface area contributed by atoms with Crippen molar-refractivity contribution in [2.45, 2.75) is 13.3 Å². The van der Waals surface area contributed by atoms with Crippen molar-refractivity contribution in [3.63, 3.8) is 0 Å². The van der Waals surface area contributed by atoms with Crippen LogP contribution in [0.15, 0.2) is 36.4 Å². The lowest BCUT2D eigenvalue weighted by atomic mass is 10.1. The second kappa shape index (κ2) is 7.69. The third-order valence-corrected chi connectivity index (χ3v) is 4.35. The van der Waals surface area contributed by atoms with Crippen LogP contribution in [0.1, 0.15) is 21.5 Å². The molecule has 2 aromatic carbocycles. The summed E-state index contributed by atoms with van der Waals surface area (Å²) in [5.74, 6) is -0.361. The van der Waals surface area contributed by atoms with Gasteiger partial charge in [-0.25, -0.2) is 0 Å². The first kappa shape index (κ1) is 18.3. The van der Waals surface area contributed by atoms with Gasteiger partial charge in [0.2, 0.25) is 5.91 Å². The topological polar surface area (TPSA) is 49.4 Å². The van der Waals surface area contributed by atoms with Crippen molar-refractivity contribution in [1.82, 2.24) is 4.90 Å². The predicted octanol–water partition coefficient (Wildman–Crippen LogP) is 4.18. The standard InChI is InChI=1S/C18H18Cl2N2O2/c1-11-12(18(24)22(2)3)6-4-9-16(11)21-17(23)10-13-14(19)7-5-8-15(13)20/h4-9H,10H2,1-3H3,(H,21,23). The summed E-state index contributed by atoms with van der Waals surface area (Å²) in [6, 6.07) is 10.3. The zero-order chi connectivity index (χ0) is 17.9. The van der Waals surface area contributed by atoms with Crippen molar-refractivity contribution < 1.29 is 9.59 Å². The van der Waals surface area contributed by atoms with Gasteiger partial charge in [-0.3, -0.25) is 9.59 Å². The van der Waals surface area contributed by atoms with Gasteiger partial charge in [0.05, 0.1) is 6.42 Å². The third kappa shape index (κ3) is 4.08. The Morgan fingerprint density at radius 2 is 1.62 bits per heavy atom. The van der Waals surface area contributed by atoms with E-state index in [1.165, 1.54) is 4.90 Å². The van der Waals surface area contributed by atoms with Crippen LogP contribution in [0.2, 0.25) is 10.0 Å². The van der Waals surface area contributed by atoms with Crippen molar-refractivity contribution in [2.75, 3.05) is 19.4 Å². The van der Waals surface area contributed by atoms with E-state index in [-0.39, 0.29) is 18.2 Å². The maximum atomic E-state index is 12.3. The van der Waals surface area contributed by atoms with E-state index in [0.29, 0.717) is 26.9 Å². The maximum absolute atomic E-state index is 12.3. The molecule has 0 unspecified atom stereocenters. The van der Waals surface area contributed by atoms with Crippen molar-refractivity contribution >= 4 is 40.7 Å². The number of rotatable bonds is 4. The molecule has 2 amide bonds. The van der Waals surface area contributed by atoms with E-state index in [2.05, 4.69) is 5.32 Å². The summed E-state index contributed by atoms with van der Waals surface area (Å²) in [6.45, 7) is 1.80. The second-order valence-corrected chi connectivity index (χ2v) is 6.42. The molecule has 6 heteroatoms. The van der Waals surface area contributed by atoms with Gasteiger partial charge in [0.25, 0.3) is 5.91 Å². The summed E-state index contributed by atoms with van der Waals surface area (Å²) in [5.41, 5.74) is 2.44. The van der Waals surface area contributed by atoms with E-state index < -0.39 is 0 Å². The van der Waals surface area contributed by atoms with Crippen LogP contribution in [0.3, 0.4) is 0 Å². The number of nitrogens with one attached hydrogen (secondary N) is 1. The number of halogens is 2. The first-order valence-corrected chi connectivity index (χ1v) is 8.11. The Bertz CT molecular complexity index is 768. The van der Waals surface area contributed by atoms with Gasteiger partial charge < -0.3 is 10.2 Å². The zero-order valence-corrected chi connectivity index (χ0v) is 15.2. The molecule has 0 spiro atoms. The number of carbonyl (C=O) groups is 2. The third-order valence-electron chi connectivity index (χ3n) is 3.64. The van der Waals surface area contributed by atoms with E-state index in [1.807, 2.05) is 0 Å². The average Bonchev–Trinajstić information content (AvgIpc) is 2.52. The highest BCUT2D eigenvalue weighted by atomic mass is 35.5. The van der Waals surface area contributed by atoms with Crippen LogP contribution in [0, 0.1) is 6.92 Å². The molecule has 0 aliphatic heterocycles. The van der Waals surface area contributed by atoms with E-state index in [4.69, 9.17) is 23.2 Å². The number of hydrogen-bond donors (Lipinski definition) is 1. The van der Waals surface area contributed by atoms with E-state index in [1.54, 1.807) is 57.4 Å². The van der Waals surface area contributed by atoms with Crippen LogP contribution < -0.4 is 5.32 Å². The lowest BCUT2D eigenvalue weighted by Gasteiger charge is -2.15. The van der Waals surface area contributed by atoms with E-state index >= 15 is 0 Å². The first-order valence-electron chi connectivity index (χ1n) is 7.35. The van der Waals surface area contributed by atoms with Gasteiger partial charge in [0.15, 0.2) is 0 Å². The molecule has 0 atom stereocenters. The minimum atomic E-state index is -0.248. The summed E-state index contributed by atoms with van der Waals surface area (Å²) in [4.78, 5) is 26.0. The van der Waals surface area contributed by atoms with Crippen LogP contribution in [0.5, 0.6) is 0 Å². The van der Waals surface area contributed by atoms with Gasteiger partial charge in [0.1, 0.15) is 0 Å². The van der Waals surface area contributed by atoms with Gasteiger partial charge in [-0.05, 0) is 42.3 Å². The summed E-state index contributed by atoms with van der Waals surface area (Å²) in [5, 5.41) is 3.72. The highest BCUT2D eigenvalue weighted by Gasteiger charge is 2.16. The molecule has 0 saturated carbocycles. The first-order chi connectivity index (χ1) is 11.3. The number of carbonyl (C=O) groups excluding carboxylic acids is 2. The lowest BCUT2D eigenvalue weighted by Crippen LogP contribution is -2.23. The fraction of sp³-hybridized carbons (Fsp3) is 0.222. The lowest BCUT2D eigenvalue weighted by molar-refractivity contribution is -0.115. The molecular weight excluding hydrogens is 347 g/mol. The summed E-state index contributed by atoms with van der Waals surface area (Å²) < 4.78 is 0. The van der Waals surface area contributed by atoms with Crippen LogP contribution in [-0.4, -0.2) is 30.8 Å². The van der Waals surface area contributed by atoms with Gasteiger partial charge in [0, 0.05) is 35.4 Å². The Kier molecular flexibility index (Phi) is 5.86. The Morgan fingerprint density at radius 1 is 1.04 bits per heavy atom. The Morgan fingerprint density at radius 3 is 2.21 bits per heavy atom. The molecule has 0 radical (unpaired) electrons. The molecule has 0 aromatic heterocycles. The highest BCUT2D eigenvalue weighted by Crippen LogP contribution is 2.26. The second-order valence-electron chi connectivity index (χ2n) is 5.60. The van der Waals surface area contributed by atoms with Crippen LogP contribution >= 0.6 is 23.2 Å². The fourth-order valence-electron chi connectivity index (χ4n) is 2.30. The Labute approximate surface area is 151 Å².